The number of pyridine rings is 1. The SMILES string of the molecule is Cc1cccc(NC(=O)C2CCCN(Cn3ncn(C)c3=S)C2)n1. The minimum absolute atomic E-state index is 0.0300. The first-order valence-corrected chi connectivity index (χ1v) is 8.49. The Bertz CT molecular complexity index is 783. The van der Waals surface area contributed by atoms with E-state index in [9.17, 15) is 4.79 Å². The van der Waals surface area contributed by atoms with Crippen LogP contribution >= 0.6 is 12.2 Å². The number of hydrogen-bond donors (Lipinski definition) is 1. The van der Waals surface area contributed by atoms with Gasteiger partial charge in [0.2, 0.25) is 5.91 Å². The molecule has 0 bridgehead atoms. The molecule has 3 heterocycles. The molecule has 0 aliphatic carbocycles. The van der Waals surface area contributed by atoms with E-state index in [2.05, 4.69) is 20.3 Å². The zero-order chi connectivity index (χ0) is 17.1. The van der Waals surface area contributed by atoms with E-state index in [1.54, 1.807) is 11.0 Å². The van der Waals surface area contributed by atoms with Crippen molar-refractivity contribution in [3.05, 3.63) is 35.0 Å². The maximum Gasteiger partial charge on any atom is 0.229 e. The highest BCUT2D eigenvalue weighted by atomic mass is 32.1. The molecule has 0 saturated carbocycles. The number of carbonyl (C=O) groups is 1. The van der Waals surface area contributed by atoms with Crippen molar-refractivity contribution in [2.75, 3.05) is 18.4 Å². The van der Waals surface area contributed by atoms with Gasteiger partial charge in [-0.05, 0) is 50.7 Å². The zero-order valence-electron chi connectivity index (χ0n) is 14.0. The number of aryl methyl sites for hydroxylation is 2. The van der Waals surface area contributed by atoms with Gasteiger partial charge in [-0.15, -0.1) is 0 Å². The normalized spacial score (nSPS) is 18.5. The lowest BCUT2D eigenvalue weighted by molar-refractivity contribution is -0.121. The first-order valence-electron chi connectivity index (χ1n) is 8.08. The summed E-state index contributed by atoms with van der Waals surface area (Å²) in [6.45, 7) is 4.18. The highest BCUT2D eigenvalue weighted by Crippen LogP contribution is 2.19. The van der Waals surface area contributed by atoms with Crippen LogP contribution in [0.15, 0.2) is 24.5 Å². The fourth-order valence-electron chi connectivity index (χ4n) is 2.95. The summed E-state index contributed by atoms with van der Waals surface area (Å²) in [7, 11) is 1.88. The molecule has 24 heavy (non-hydrogen) atoms. The fraction of sp³-hybridized carbons (Fsp3) is 0.500. The lowest BCUT2D eigenvalue weighted by Gasteiger charge is -2.31. The molecule has 1 N–H and O–H groups in total. The predicted molar refractivity (Wildman–Crippen MR) is 93.9 cm³/mol. The lowest BCUT2D eigenvalue weighted by Crippen LogP contribution is -2.41. The van der Waals surface area contributed by atoms with E-state index in [1.807, 2.05) is 36.7 Å². The number of hydrogen-bond acceptors (Lipinski definition) is 5. The number of piperidine rings is 1. The molecule has 1 atom stereocenters. The number of aromatic nitrogens is 4. The molecule has 1 saturated heterocycles. The minimum Gasteiger partial charge on any atom is -0.310 e. The quantitative estimate of drug-likeness (QED) is 0.857. The molecule has 128 valence electrons. The molecule has 7 nitrogen and oxygen atoms in total. The number of carbonyl (C=O) groups excluding carboxylic acids is 1. The third-order valence-corrected chi connectivity index (χ3v) is 4.74. The molecule has 1 fully saturated rings. The summed E-state index contributed by atoms with van der Waals surface area (Å²) >= 11 is 5.32. The van der Waals surface area contributed by atoms with Crippen LogP contribution < -0.4 is 5.32 Å². The average Bonchev–Trinajstić information content (AvgIpc) is 2.87. The molecule has 8 heteroatoms. The number of likely N-dealkylation sites (tertiary alicyclic amines) is 1. The van der Waals surface area contributed by atoms with E-state index in [4.69, 9.17) is 12.2 Å². The Morgan fingerprint density at radius 2 is 2.29 bits per heavy atom. The first kappa shape index (κ1) is 16.8. The molecule has 2 aromatic heterocycles. The van der Waals surface area contributed by atoms with Crippen LogP contribution in [0.5, 0.6) is 0 Å². The molecular weight excluding hydrogens is 324 g/mol. The van der Waals surface area contributed by atoms with Gasteiger partial charge in [0, 0.05) is 19.3 Å². The van der Waals surface area contributed by atoms with Gasteiger partial charge in [0.25, 0.3) is 0 Å². The second-order valence-corrected chi connectivity index (χ2v) is 6.60. The molecular formula is C16H22N6OS. The summed E-state index contributed by atoms with van der Waals surface area (Å²) < 4.78 is 4.29. The lowest BCUT2D eigenvalue weighted by atomic mass is 9.97. The summed E-state index contributed by atoms with van der Waals surface area (Å²) in [6, 6.07) is 5.63. The smallest absolute Gasteiger partial charge is 0.229 e. The molecule has 2 aromatic rings. The largest absolute Gasteiger partial charge is 0.310 e. The van der Waals surface area contributed by atoms with Crippen molar-refractivity contribution >= 4 is 23.9 Å². The van der Waals surface area contributed by atoms with Gasteiger partial charge in [-0.2, -0.15) is 5.10 Å². The van der Waals surface area contributed by atoms with Crippen molar-refractivity contribution in [2.24, 2.45) is 13.0 Å². The Balaban J connectivity index is 1.61. The van der Waals surface area contributed by atoms with Crippen LogP contribution in [0.1, 0.15) is 18.5 Å². The zero-order valence-corrected chi connectivity index (χ0v) is 14.8. The molecule has 1 amide bonds. The van der Waals surface area contributed by atoms with Gasteiger partial charge >= 0.3 is 0 Å². The van der Waals surface area contributed by atoms with Gasteiger partial charge in [0.05, 0.1) is 12.6 Å². The molecule has 0 radical (unpaired) electrons. The van der Waals surface area contributed by atoms with E-state index in [0.717, 1.165) is 25.1 Å². The summed E-state index contributed by atoms with van der Waals surface area (Å²) in [6.07, 6.45) is 3.58. The van der Waals surface area contributed by atoms with E-state index < -0.39 is 0 Å². The summed E-state index contributed by atoms with van der Waals surface area (Å²) in [4.78, 5) is 19.1. The number of rotatable bonds is 4. The van der Waals surface area contributed by atoms with E-state index in [-0.39, 0.29) is 11.8 Å². The average molecular weight is 346 g/mol. The molecule has 0 aromatic carbocycles. The van der Waals surface area contributed by atoms with Crippen molar-refractivity contribution in [3.8, 4) is 0 Å². The summed E-state index contributed by atoms with van der Waals surface area (Å²) in [5.41, 5.74) is 0.891. The maximum atomic E-state index is 12.5. The Hall–Kier alpha value is -2.06. The number of nitrogens with one attached hydrogen (secondary N) is 1. The second kappa shape index (κ2) is 7.23. The Kier molecular flexibility index (Phi) is 5.06. The molecule has 1 unspecified atom stereocenters. The Morgan fingerprint density at radius 3 is 3.00 bits per heavy atom. The highest BCUT2D eigenvalue weighted by molar-refractivity contribution is 7.71. The number of amides is 1. The molecule has 1 aliphatic rings. The fourth-order valence-corrected chi connectivity index (χ4v) is 3.10. The van der Waals surface area contributed by atoms with Crippen molar-refractivity contribution < 1.29 is 4.79 Å². The predicted octanol–water partition coefficient (Wildman–Crippen LogP) is 1.96. The van der Waals surface area contributed by atoms with Gasteiger partial charge < -0.3 is 9.88 Å². The standard InChI is InChI=1S/C16H22N6OS/c1-12-5-3-7-14(18-12)19-15(23)13-6-4-8-21(9-13)11-22-16(24)20(2)10-17-22/h3,5,7,10,13H,4,6,8-9,11H2,1-2H3,(H,18,19,23). The van der Waals surface area contributed by atoms with Crippen LogP contribution in [0.25, 0.3) is 0 Å². The maximum absolute atomic E-state index is 12.5. The number of nitrogens with zero attached hydrogens (tertiary/aromatic N) is 5. The topological polar surface area (TPSA) is 68.0 Å². The van der Waals surface area contributed by atoms with Crippen molar-refractivity contribution in [2.45, 2.75) is 26.4 Å². The van der Waals surface area contributed by atoms with Crippen LogP contribution in [0.2, 0.25) is 0 Å². The van der Waals surface area contributed by atoms with E-state index in [0.29, 0.717) is 23.8 Å². The Labute approximate surface area is 146 Å². The van der Waals surface area contributed by atoms with Crippen molar-refractivity contribution in [1.29, 1.82) is 0 Å². The molecule has 0 spiro atoms. The van der Waals surface area contributed by atoms with Crippen molar-refractivity contribution in [1.82, 2.24) is 24.2 Å². The molecule has 1 aliphatic heterocycles. The third kappa shape index (κ3) is 3.88. The van der Waals surface area contributed by atoms with Crippen LogP contribution in [0, 0.1) is 17.6 Å². The van der Waals surface area contributed by atoms with Crippen LogP contribution in [-0.2, 0) is 18.5 Å². The van der Waals surface area contributed by atoms with Gasteiger partial charge in [0.15, 0.2) is 4.77 Å². The second-order valence-electron chi connectivity index (χ2n) is 6.23. The summed E-state index contributed by atoms with van der Waals surface area (Å²) in [5.74, 6) is 0.602. The van der Waals surface area contributed by atoms with Gasteiger partial charge in [0.1, 0.15) is 12.1 Å². The van der Waals surface area contributed by atoms with Crippen molar-refractivity contribution in [3.63, 3.8) is 0 Å². The van der Waals surface area contributed by atoms with Gasteiger partial charge in [-0.3, -0.25) is 9.69 Å². The summed E-state index contributed by atoms with van der Waals surface area (Å²) in [5, 5.41) is 7.21. The van der Waals surface area contributed by atoms with Gasteiger partial charge in [-0.25, -0.2) is 9.67 Å². The number of anilines is 1. The highest BCUT2D eigenvalue weighted by Gasteiger charge is 2.26. The van der Waals surface area contributed by atoms with Crippen LogP contribution in [-0.4, -0.2) is 43.2 Å². The third-order valence-electron chi connectivity index (χ3n) is 4.24. The van der Waals surface area contributed by atoms with Crippen LogP contribution in [0.4, 0.5) is 5.82 Å². The minimum atomic E-state index is -0.0426. The van der Waals surface area contributed by atoms with E-state index in [1.165, 1.54) is 0 Å². The monoisotopic (exact) mass is 346 g/mol. The Morgan fingerprint density at radius 1 is 1.46 bits per heavy atom. The van der Waals surface area contributed by atoms with Gasteiger partial charge in [-0.1, -0.05) is 6.07 Å². The van der Waals surface area contributed by atoms with Crippen LogP contribution in [0.3, 0.4) is 0 Å². The first-order chi connectivity index (χ1) is 11.5. The van der Waals surface area contributed by atoms with E-state index >= 15 is 0 Å². The molecule has 3 rings (SSSR count).